The average Bonchev–Trinajstić information content (AvgIpc) is 3.32. The van der Waals surface area contributed by atoms with Crippen LogP contribution in [0.3, 0.4) is 0 Å². The first-order valence-corrected chi connectivity index (χ1v) is 10.9. The molecule has 0 unspecified atom stereocenters. The SMILES string of the molecule is CC[C@H]1O[C@@H](n2cc(C#Cc3ccncc3)c3c(=O)[nH]c(NC(=O)C(C)(C)C)nc32)C[C@H]1O. The highest BCUT2D eigenvalue weighted by Crippen LogP contribution is 2.33. The number of nitrogens with zero attached hydrogens (tertiary/aromatic N) is 3. The molecule has 1 amide bonds. The molecule has 3 aromatic rings. The molecule has 1 aliphatic heterocycles. The minimum absolute atomic E-state index is 0.0472. The van der Waals surface area contributed by atoms with Gasteiger partial charge >= 0.3 is 0 Å². The number of hydrogen-bond donors (Lipinski definition) is 3. The number of fused-ring (bicyclic) bond motifs is 1. The molecular formula is C24H27N5O4. The first kappa shape index (κ1) is 22.7. The molecule has 3 aromatic heterocycles. The highest BCUT2D eigenvalue weighted by atomic mass is 16.5. The van der Waals surface area contributed by atoms with Crippen molar-refractivity contribution in [3.05, 3.63) is 52.2 Å². The van der Waals surface area contributed by atoms with Gasteiger partial charge in [-0.2, -0.15) is 4.98 Å². The van der Waals surface area contributed by atoms with E-state index in [1.165, 1.54) is 0 Å². The molecule has 9 heteroatoms. The Bertz CT molecular complexity index is 1290. The smallest absolute Gasteiger partial charge is 0.263 e. The third-order valence-corrected chi connectivity index (χ3v) is 5.53. The molecule has 3 atom stereocenters. The number of aliphatic hydroxyl groups excluding tert-OH is 1. The van der Waals surface area contributed by atoms with Crippen LogP contribution < -0.4 is 10.9 Å². The summed E-state index contributed by atoms with van der Waals surface area (Å²) < 4.78 is 7.74. The number of rotatable bonds is 3. The summed E-state index contributed by atoms with van der Waals surface area (Å²) in [6.45, 7) is 7.26. The Kier molecular flexibility index (Phi) is 6.06. The number of amides is 1. The second kappa shape index (κ2) is 8.81. The van der Waals surface area contributed by atoms with Crippen molar-refractivity contribution in [1.82, 2.24) is 19.5 Å². The molecule has 33 heavy (non-hydrogen) atoms. The largest absolute Gasteiger partial charge is 0.390 e. The quantitative estimate of drug-likeness (QED) is 0.528. The number of aliphatic hydroxyl groups is 1. The van der Waals surface area contributed by atoms with Crippen molar-refractivity contribution < 1.29 is 14.6 Å². The maximum Gasteiger partial charge on any atom is 0.263 e. The van der Waals surface area contributed by atoms with E-state index in [2.05, 4.69) is 32.1 Å². The van der Waals surface area contributed by atoms with E-state index in [-0.39, 0.29) is 18.0 Å². The van der Waals surface area contributed by atoms with E-state index in [4.69, 9.17) is 4.74 Å². The summed E-state index contributed by atoms with van der Waals surface area (Å²) in [5, 5.41) is 13.3. The van der Waals surface area contributed by atoms with Gasteiger partial charge in [-0.15, -0.1) is 0 Å². The van der Waals surface area contributed by atoms with Crippen LogP contribution >= 0.6 is 0 Å². The van der Waals surface area contributed by atoms with Gasteiger partial charge in [0.1, 0.15) is 6.23 Å². The highest BCUT2D eigenvalue weighted by molar-refractivity contribution is 5.94. The summed E-state index contributed by atoms with van der Waals surface area (Å²) >= 11 is 0. The summed E-state index contributed by atoms with van der Waals surface area (Å²) in [6.07, 6.45) is 4.58. The number of aromatic nitrogens is 4. The Morgan fingerprint density at radius 2 is 2.06 bits per heavy atom. The summed E-state index contributed by atoms with van der Waals surface area (Å²) in [6, 6.07) is 3.55. The van der Waals surface area contributed by atoms with E-state index < -0.39 is 23.3 Å². The maximum absolute atomic E-state index is 13.0. The van der Waals surface area contributed by atoms with Crippen molar-refractivity contribution in [2.75, 3.05) is 5.32 Å². The second-order valence-corrected chi connectivity index (χ2v) is 9.09. The van der Waals surface area contributed by atoms with Gasteiger partial charge in [0.05, 0.1) is 23.2 Å². The number of anilines is 1. The zero-order valence-electron chi connectivity index (χ0n) is 19.0. The lowest BCUT2D eigenvalue weighted by atomic mass is 9.96. The van der Waals surface area contributed by atoms with Gasteiger partial charge in [0.2, 0.25) is 11.9 Å². The van der Waals surface area contributed by atoms with E-state index in [1.807, 2.05) is 6.92 Å². The van der Waals surface area contributed by atoms with Crippen LogP contribution in [0.4, 0.5) is 5.95 Å². The van der Waals surface area contributed by atoms with Crippen molar-refractivity contribution in [3.63, 3.8) is 0 Å². The van der Waals surface area contributed by atoms with Gasteiger partial charge in [0, 0.05) is 36.0 Å². The van der Waals surface area contributed by atoms with E-state index in [0.29, 0.717) is 29.4 Å². The van der Waals surface area contributed by atoms with Crippen LogP contribution in [0.25, 0.3) is 11.0 Å². The minimum atomic E-state index is -0.663. The minimum Gasteiger partial charge on any atom is -0.390 e. The van der Waals surface area contributed by atoms with Crippen molar-refractivity contribution in [2.24, 2.45) is 5.41 Å². The van der Waals surface area contributed by atoms with Gasteiger partial charge in [-0.3, -0.25) is 24.9 Å². The van der Waals surface area contributed by atoms with Crippen LogP contribution in [-0.2, 0) is 9.53 Å². The number of carbonyl (C=O) groups is 1. The van der Waals surface area contributed by atoms with Crippen LogP contribution in [-0.4, -0.2) is 42.7 Å². The average molecular weight is 450 g/mol. The second-order valence-electron chi connectivity index (χ2n) is 9.09. The van der Waals surface area contributed by atoms with Gasteiger partial charge in [0.15, 0.2) is 5.65 Å². The van der Waals surface area contributed by atoms with E-state index in [9.17, 15) is 14.7 Å². The monoisotopic (exact) mass is 449 g/mol. The zero-order valence-corrected chi connectivity index (χ0v) is 19.0. The number of H-pyrrole nitrogens is 1. The maximum atomic E-state index is 13.0. The lowest BCUT2D eigenvalue weighted by Gasteiger charge is -2.17. The Hall–Kier alpha value is -3.48. The molecule has 9 nitrogen and oxygen atoms in total. The fourth-order valence-electron chi connectivity index (χ4n) is 3.65. The van der Waals surface area contributed by atoms with Gasteiger partial charge in [-0.05, 0) is 18.6 Å². The standard InChI is InChI=1S/C24H27N5O4/c1-5-17-16(30)12-18(33-17)29-13-15(7-6-14-8-10-25-11-9-14)19-20(29)26-23(27-21(19)31)28-22(32)24(2,3)4/h8-11,13,16-18,30H,5,12H2,1-4H3,(H2,26,27,28,31,32)/t16-,17-,18-/m1/s1. The van der Waals surface area contributed by atoms with Crippen molar-refractivity contribution >= 4 is 22.9 Å². The number of nitrogens with one attached hydrogen (secondary N) is 2. The first-order chi connectivity index (χ1) is 15.7. The lowest BCUT2D eigenvalue weighted by Crippen LogP contribution is -2.29. The predicted molar refractivity (Wildman–Crippen MR) is 123 cm³/mol. The van der Waals surface area contributed by atoms with Gasteiger partial charge in [-0.1, -0.05) is 39.5 Å². The summed E-state index contributed by atoms with van der Waals surface area (Å²) in [5.74, 6) is 5.85. The van der Waals surface area contributed by atoms with Crippen LogP contribution in [0.1, 0.15) is 57.9 Å². The topological polar surface area (TPSA) is 122 Å². The van der Waals surface area contributed by atoms with Crippen LogP contribution in [0.5, 0.6) is 0 Å². The Morgan fingerprint density at radius 3 is 2.70 bits per heavy atom. The summed E-state index contributed by atoms with van der Waals surface area (Å²) in [4.78, 5) is 36.6. The van der Waals surface area contributed by atoms with Crippen LogP contribution in [0.2, 0.25) is 0 Å². The van der Waals surface area contributed by atoms with Gasteiger partial charge < -0.3 is 14.4 Å². The van der Waals surface area contributed by atoms with Crippen molar-refractivity contribution in [2.45, 2.75) is 59.0 Å². The molecule has 0 spiro atoms. The third kappa shape index (κ3) is 4.67. The summed E-state index contributed by atoms with van der Waals surface area (Å²) in [5.41, 5.74) is 0.470. The lowest BCUT2D eigenvalue weighted by molar-refractivity contribution is -0.123. The van der Waals surface area contributed by atoms with Crippen molar-refractivity contribution in [1.29, 1.82) is 0 Å². The molecule has 0 aromatic carbocycles. The van der Waals surface area contributed by atoms with Crippen LogP contribution in [0, 0.1) is 17.3 Å². The van der Waals surface area contributed by atoms with E-state index >= 15 is 0 Å². The fraction of sp³-hybridized carbons (Fsp3) is 0.417. The Balaban J connectivity index is 1.83. The van der Waals surface area contributed by atoms with Crippen LogP contribution in [0.15, 0.2) is 35.5 Å². The molecular weight excluding hydrogens is 422 g/mol. The molecule has 0 aliphatic carbocycles. The molecule has 4 heterocycles. The molecule has 1 aliphatic rings. The molecule has 0 radical (unpaired) electrons. The Labute approximate surface area is 191 Å². The number of aromatic amines is 1. The number of ether oxygens (including phenoxy) is 1. The van der Waals surface area contributed by atoms with Gasteiger partial charge in [0.25, 0.3) is 5.56 Å². The Morgan fingerprint density at radius 1 is 1.33 bits per heavy atom. The number of carbonyl (C=O) groups excluding carboxylic acids is 1. The van der Waals surface area contributed by atoms with E-state index in [0.717, 1.165) is 5.56 Å². The predicted octanol–water partition coefficient (Wildman–Crippen LogP) is 2.56. The third-order valence-electron chi connectivity index (χ3n) is 5.53. The first-order valence-electron chi connectivity index (χ1n) is 10.9. The zero-order chi connectivity index (χ0) is 23.8. The molecule has 4 rings (SSSR count). The molecule has 0 bridgehead atoms. The molecule has 1 fully saturated rings. The van der Waals surface area contributed by atoms with Crippen molar-refractivity contribution in [3.8, 4) is 11.8 Å². The molecule has 1 saturated heterocycles. The molecule has 172 valence electrons. The molecule has 0 saturated carbocycles. The number of hydrogen-bond acceptors (Lipinski definition) is 6. The molecule has 3 N–H and O–H groups in total. The normalized spacial score (nSPS) is 20.5. The number of pyridine rings is 1. The van der Waals surface area contributed by atoms with Gasteiger partial charge in [-0.25, -0.2) is 0 Å². The van der Waals surface area contributed by atoms with E-state index in [1.54, 1.807) is 56.1 Å². The summed E-state index contributed by atoms with van der Waals surface area (Å²) in [7, 11) is 0. The fourth-order valence-corrected chi connectivity index (χ4v) is 3.65. The highest BCUT2D eigenvalue weighted by Gasteiger charge is 2.35.